The Morgan fingerprint density at radius 2 is 1.72 bits per heavy atom. The molecule has 1 atom stereocenters. The quantitative estimate of drug-likeness (QED) is 0.413. The zero-order chi connectivity index (χ0) is 21.4. The maximum atomic E-state index is 12.7. The molecule has 8 heteroatoms. The SMILES string of the molecule is CC(C)OC(=O)C[C@H](NC(=O)N(C)Cc1ccccc1)c1ccccc1[N+](=O)[O-]. The number of amides is 2. The number of rotatable bonds is 8. The molecule has 0 bridgehead atoms. The number of esters is 1. The predicted octanol–water partition coefficient (Wildman–Crippen LogP) is 3.82. The molecule has 154 valence electrons. The summed E-state index contributed by atoms with van der Waals surface area (Å²) in [5.41, 5.74) is 1.02. The lowest BCUT2D eigenvalue weighted by Gasteiger charge is -2.24. The Bertz CT molecular complexity index is 854. The summed E-state index contributed by atoms with van der Waals surface area (Å²) in [4.78, 5) is 37.2. The van der Waals surface area contributed by atoms with Gasteiger partial charge in [0, 0.05) is 19.7 Å². The number of carbonyl (C=O) groups excluding carboxylic acids is 2. The Labute approximate surface area is 169 Å². The van der Waals surface area contributed by atoms with E-state index in [9.17, 15) is 19.7 Å². The van der Waals surface area contributed by atoms with Gasteiger partial charge >= 0.3 is 12.0 Å². The van der Waals surface area contributed by atoms with Crippen molar-refractivity contribution in [2.45, 2.75) is 39.0 Å². The maximum absolute atomic E-state index is 12.7. The van der Waals surface area contributed by atoms with E-state index < -0.39 is 23.0 Å². The monoisotopic (exact) mass is 399 g/mol. The molecule has 0 heterocycles. The molecule has 1 N–H and O–H groups in total. The fourth-order valence-electron chi connectivity index (χ4n) is 2.85. The van der Waals surface area contributed by atoms with E-state index in [0.29, 0.717) is 6.54 Å². The predicted molar refractivity (Wildman–Crippen MR) is 108 cm³/mol. The zero-order valence-electron chi connectivity index (χ0n) is 16.7. The van der Waals surface area contributed by atoms with Gasteiger partial charge in [-0.25, -0.2) is 4.79 Å². The highest BCUT2D eigenvalue weighted by Gasteiger charge is 2.27. The second kappa shape index (κ2) is 10.2. The largest absolute Gasteiger partial charge is 0.463 e. The molecule has 0 aliphatic carbocycles. The normalized spacial score (nSPS) is 11.6. The fraction of sp³-hybridized carbons (Fsp3) is 0.333. The van der Waals surface area contributed by atoms with Crippen molar-refractivity contribution in [3.8, 4) is 0 Å². The summed E-state index contributed by atoms with van der Waals surface area (Å²) in [7, 11) is 1.62. The van der Waals surface area contributed by atoms with E-state index in [2.05, 4.69) is 5.32 Å². The van der Waals surface area contributed by atoms with Gasteiger partial charge in [-0.1, -0.05) is 48.5 Å². The average molecular weight is 399 g/mol. The molecule has 8 nitrogen and oxygen atoms in total. The van der Waals surface area contributed by atoms with Crippen molar-refractivity contribution in [1.29, 1.82) is 0 Å². The van der Waals surface area contributed by atoms with E-state index in [1.54, 1.807) is 27.0 Å². The lowest BCUT2D eigenvalue weighted by molar-refractivity contribution is -0.385. The van der Waals surface area contributed by atoms with Crippen LogP contribution in [-0.2, 0) is 16.1 Å². The van der Waals surface area contributed by atoms with Gasteiger partial charge in [-0.05, 0) is 19.4 Å². The van der Waals surface area contributed by atoms with Crippen molar-refractivity contribution in [3.05, 3.63) is 75.8 Å². The van der Waals surface area contributed by atoms with Crippen LogP contribution >= 0.6 is 0 Å². The van der Waals surface area contributed by atoms with E-state index in [4.69, 9.17) is 4.74 Å². The Morgan fingerprint density at radius 1 is 1.10 bits per heavy atom. The molecule has 0 unspecified atom stereocenters. The smallest absolute Gasteiger partial charge is 0.317 e. The van der Waals surface area contributed by atoms with Crippen LogP contribution in [0.1, 0.15) is 37.4 Å². The topological polar surface area (TPSA) is 102 Å². The molecule has 0 saturated carbocycles. The number of benzene rings is 2. The third-order valence-electron chi connectivity index (χ3n) is 4.15. The molecule has 0 aliphatic rings. The minimum atomic E-state index is -0.895. The minimum absolute atomic E-state index is 0.166. The second-order valence-corrected chi connectivity index (χ2v) is 6.90. The molecule has 0 aromatic heterocycles. The first kappa shape index (κ1) is 21.9. The molecule has 0 radical (unpaired) electrons. The first-order chi connectivity index (χ1) is 13.8. The molecule has 0 saturated heterocycles. The number of hydrogen-bond acceptors (Lipinski definition) is 5. The van der Waals surface area contributed by atoms with Gasteiger partial charge < -0.3 is 15.0 Å². The van der Waals surface area contributed by atoms with Crippen LogP contribution in [0.5, 0.6) is 0 Å². The van der Waals surface area contributed by atoms with Crippen LogP contribution in [0.25, 0.3) is 0 Å². The van der Waals surface area contributed by atoms with Crippen LogP contribution in [0.4, 0.5) is 10.5 Å². The lowest BCUT2D eigenvalue weighted by Crippen LogP contribution is -2.40. The van der Waals surface area contributed by atoms with Crippen LogP contribution in [0.3, 0.4) is 0 Å². The van der Waals surface area contributed by atoms with Crippen molar-refractivity contribution >= 4 is 17.7 Å². The molecule has 2 rings (SSSR count). The van der Waals surface area contributed by atoms with Gasteiger partial charge in [0.25, 0.3) is 5.69 Å². The Morgan fingerprint density at radius 3 is 2.34 bits per heavy atom. The molecule has 2 aromatic carbocycles. The van der Waals surface area contributed by atoms with Crippen LogP contribution < -0.4 is 5.32 Å². The van der Waals surface area contributed by atoms with Crippen molar-refractivity contribution in [2.24, 2.45) is 0 Å². The van der Waals surface area contributed by atoms with E-state index in [1.165, 1.54) is 23.1 Å². The minimum Gasteiger partial charge on any atom is -0.463 e. The molecule has 2 aromatic rings. The van der Waals surface area contributed by atoms with Gasteiger partial charge in [0.1, 0.15) is 0 Å². The Hall–Kier alpha value is -3.42. The molecular formula is C21H25N3O5. The van der Waals surface area contributed by atoms with Gasteiger partial charge in [-0.15, -0.1) is 0 Å². The number of ether oxygens (including phenoxy) is 1. The van der Waals surface area contributed by atoms with Crippen LogP contribution in [-0.4, -0.2) is 35.0 Å². The summed E-state index contributed by atoms with van der Waals surface area (Å²) in [6.45, 7) is 3.78. The van der Waals surface area contributed by atoms with Crippen LogP contribution in [0, 0.1) is 10.1 Å². The summed E-state index contributed by atoms with van der Waals surface area (Å²) in [6, 6.07) is 14.1. The number of para-hydroxylation sites is 1. The third kappa shape index (κ3) is 6.60. The number of hydrogen-bond donors (Lipinski definition) is 1. The first-order valence-corrected chi connectivity index (χ1v) is 9.26. The van der Waals surface area contributed by atoms with Crippen molar-refractivity contribution < 1.29 is 19.2 Å². The van der Waals surface area contributed by atoms with Gasteiger partial charge in [0.15, 0.2) is 0 Å². The van der Waals surface area contributed by atoms with Crippen molar-refractivity contribution in [1.82, 2.24) is 10.2 Å². The van der Waals surface area contributed by atoms with Gasteiger partial charge in [-0.3, -0.25) is 14.9 Å². The van der Waals surface area contributed by atoms with E-state index in [-0.39, 0.29) is 23.8 Å². The summed E-state index contributed by atoms with van der Waals surface area (Å²) in [5.74, 6) is -0.547. The highest BCUT2D eigenvalue weighted by Crippen LogP contribution is 2.27. The molecule has 2 amide bonds. The van der Waals surface area contributed by atoms with Gasteiger partial charge in [0.2, 0.25) is 0 Å². The highest BCUT2D eigenvalue weighted by atomic mass is 16.6. The molecule has 0 spiro atoms. The summed E-state index contributed by atoms with van der Waals surface area (Å²) < 4.78 is 5.17. The number of carbonyl (C=O) groups is 2. The van der Waals surface area contributed by atoms with Gasteiger partial charge in [0.05, 0.1) is 29.1 Å². The Kier molecular flexibility index (Phi) is 7.70. The molecule has 29 heavy (non-hydrogen) atoms. The maximum Gasteiger partial charge on any atom is 0.317 e. The third-order valence-corrected chi connectivity index (χ3v) is 4.15. The number of nitro benzene ring substituents is 1. The fourth-order valence-corrected chi connectivity index (χ4v) is 2.85. The number of nitrogens with zero attached hydrogens (tertiary/aromatic N) is 2. The van der Waals surface area contributed by atoms with Crippen molar-refractivity contribution in [3.63, 3.8) is 0 Å². The Balaban J connectivity index is 2.22. The van der Waals surface area contributed by atoms with Crippen molar-refractivity contribution in [2.75, 3.05) is 7.05 Å². The zero-order valence-corrected chi connectivity index (χ0v) is 16.7. The molecule has 0 aliphatic heterocycles. The van der Waals surface area contributed by atoms with E-state index >= 15 is 0 Å². The average Bonchev–Trinajstić information content (AvgIpc) is 2.67. The van der Waals surface area contributed by atoms with Gasteiger partial charge in [-0.2, -0.15) is 0 Å². The van der Waals surface area contributed by atoms with Crippen LogP contribution in [0.2, 0.25) is 0 Å². The summed E-state index contributed by atoms with van der Waals surface area (Å²) in [5, 5.41) is 14.2. The lowest BCUT2D eigenvalue weighted by atomic mass is 10.0. The first-order valence-electron chi connectivity index (χ1n) is 9.26. The molecular weight excluding hydrogens is 374 g/mol. The van der Waals surface area contributed by atoms with E-state index in [1.807, 2.05) is 30.3 Å². The number of nitro groups is 1. The number of nitrogens with one attached hydrogen (secondary N) is 1. The standard InChI is InChI=1S/C21H25N3O5/c1-15(2)29-20(25)13-18(17-11-7-8-12-19(17)24(27)28)22-21(26)23(3)14-16-9-5-4-6-10-16/h4-12,15,18H,13-14H2,1-3H3,(H,22,26)/t18-/m0/s1. The second-order valence-electron chi connectivity index (χ2n) is 6.90. The summed E-state index contributed by atoms with van der Waals surface area (Å²) >= 11 is 0. The number of urea groups is 1. The summed E-state index contributed by atoms with van der Waals surface area (Å²) in [6.07, 6.45) is -0.543. The molecule has 0 fully saturated rings. The van der Waals surface area contributed by atoms with E-state index in [0.717, 1.165) is 5.56 Å². The van der Waals surface area contributed by atoms with Crippen LogP contribution in [0.15, 0.2) is 54.6 Å². The highest BCUT2D eigenvalue weighted by molar-refractivity contribution is 5.77.